The summed E-state index contributed by atoms with van der Waals surface area (Å²) in [5, 5.41) is 10.1. The zero-order valence-corrected chi connectivity index (χ0v) is 9.49. The van der Waals surface area contributed by atoms with E-state index in [1.807, 2.05) is 0 Å². The van der Waals surface area contributed by atoms with E-state index in [9.17, 15) is 9.50 Å². The molecule has 2 heterocycles. The normalized spacial score (nSPS) is 26.4. The molecule has 1 N–H and O–H groups in total. The lowest BCUT2D eigenvalue weighted by Gasteiger charge is -2.43. The van der Waals surface area contributed by atoms with Gasteiger partial charge in [-0.1, -0.05) is 12.1 Å². The molecule has 0 radical (unpaired) electrons. The van der Waals surface area contributed by atoms with E-state index in [2.05, 4.69) is 0 Å². The van der Waals surface area contributed by atoms with Crippen LogP contribution in [0.4, 0.5) is 4.39 Å². The Bertz CT molecular complexity index is 427. The lowest BCUT2D eigenvalue weighted by Crippen LogP contribution is -2.45. The van der Waals surface area contributed by atoms with Gasteiger partial charge in [0.05, 0.1) is 19.3 Å². The lowest BCUT2D eigenvalue weighted by molar-refractivity contribution is -0.0858. The highest BCUT2D eigenvalue weighted by Crippen LogP contribution is 2.44. The summed E-state index contributed by atoms with van der Waals surface area (Å²) in [6, 6.07) is 4.68. The van der Waals surface area contributed by atoms with Crippen molar-refractivity contribution >= 4 is 0 Å². The number of hydrogen-bond donors (Lipinski definition) is 1. The van der Waals surface area contributed by atoms with Crippen LogP contribution in [-0.2, 0) is 4.74 Å². The van der Waals surface area contributed by atoms with Gasteiger partial charge in [0.25, 0.3) is 0 Å². The third kappa shape index (κ3) is 1.81. The molecule has 1 unspecified atom stereocenters. The smallest absolute Gasteiger partial charge is 0.165 e. The number of para-hydroxylation sites is 1. The Morgan fingerprint density at radius 3 is 2.82 bits per heavy atom. The molecule has 0 amide bonds. The topological polar surface area (TPSA) is 38.7 Å². The van der Waals surface area contributed by atoms with Crippen LogP contribution in [-0.4, -0.2) is 23.9 Å². The quantitative estimate of drug-likeness (QED) is 0.753. The van der Waals surface area contributed by atoms with Gasteiger partial charge in [-0.05, 0) is 6.07 Å². The van der Waals surface area contributed by atoms with Crippen LogP contribution in [0.2, 0.25) is 0 Å². The molecular weight excluding hydrogens is 223 g/mol. The van der Waals surface area contributed by atoms with Crippen molar-refractivity contribution in [2.45, 2.75) is 31.0 Å². The second-order valence-corrected chi connectivity index (χ2v) is 4.78. The van der Waals surface area contributed by atoms with Crippen molar-refractivity contribution < 1.29 is 19.0 Å². The molecule has 1 atom stereocenters. The molecule has 2 aliphatic rings. The molecule has 3 nitrogen and oxygen atoms in total. The Morgan fingerprint density at radius 1 is 1.29 bits per heavy atom. The molecule has 1 fully saturated rings. The van der Waals surface area contributed by atoms with Gasteiger partial charge < -0.3 is 14.6 Å². The Hall–Kier alpha value is -1.13. The highest BCUT2D eigenvalue weighted by atomic mass is 19.1. The molecule has 0 aromatic heterocycles. The van der Waals surface area contributed by atoms with Crippen LogP contribution < -0.4 is 4.74 Å². The fourth-order valence-corrected chi connectivity index (χ4v) is 2.67. The van der Waals surface area contributed by atoms with Crippen LogP contribution in [0.25, 0.3) is 0 Å². The predicted molar refractivity (Wildman–Crippen MR) is 59.4 cm³/mol. The molecule has 92 valence electrons. The first-order valence-corrected chi connectivity index (χ1v) is 5.93. The van der Waals surface area contributed by atoms with E-state index in [0.29, 0.717) is 38.0 Å². The van der Waals surface area contributed by atoms with E-state index in [1.165, 1.54) is 6.07 Å². The zero-order chi connectivity index (χ0) is 11.9. The number of ether oxygens (including phenoxy) is 2. The zero-order valence-electron chi connectivity index (χ0n) is 9.49. The van der Waals surface area contributed by atoms with Crippen LogP contribution in [0.5, 0.6) is 5.75 Å². The second kappa shape index (κ2) is 3.96. The highest BCUT2D eigenvalue weighted by molar-refractivity contribution is 5.39. The van der Waals surface area contributed by atoms with Crippen molar-refractivity contribution in [3.05, 3.63) is 29.6 Å². The summed E-state index contributed by atoms with van der Waals surface area (Å²) in [5.41, 5.74) is 0.106. The summed E-state index contributed by atoms with van der Waals surface area (Å²) < 4.78 is 24.9. The largest absolute Gasteiger partial charge is 0.484 e. The summed E-state index contributed by atoms with van der Waals surface area (Å²) >= 11 is 0. The molecule has 0 aliphatic carbocycles. The minimum absolute atomic E-state index is 0.216. The number of rotatable bonds is 0. The Morgan fingerprint density at radius 2 is 2.06 bits per heavy atom. The molecule has 1 spiro atoms. The van der Waals surface area contributed by atoms with Crippen molar-refractivity contribution in [1.82, 2.24) is 0 Å². The fraction of sp³-hybridized carbons (Fsp3) is 0.538. The number of aliphatic hydroxyl groups excluding tert-OH is 1. The van der Waals surface area contributed by atoms with Gasteiger partial charge >= 0.3 is 0 Å². The van der Waals surface area contributed by atoms with Crippen molar-refractivity contribution in [2.24, 2.45) is 0 Å². The minimum Gasteiger partial charge on any atom is -0.484 e. The Kier molecular flexibility index (Phi) is 2.56. The maximum Gasteiger partial charge on any atom is 0.165 e. The Balaban J connectivity index is 1.99. The van der Waals surface area contributed by atoms with Crippen molar-refractivity contribution in [2.75, 3.05) is 13.2 Å². The molecule has 0 saturated carbocycles. The molecule has 3 rings (SSSR count). The van der Waals surface area contributed by atoms with Crippen LogP contribution in [0.15, 0.2) is 18.2 Å². The van der Waals surface area contributed by atoms with E-state index in [0.717, 1.165) is 0 Å². The van der Waals surface area contributed by atoms with Crippen LogP contribution >= 0.6 is 0 Å². The van der Waals surface area contributed by atoms with Gasteiger partial charge in [0.15, 0.2) is 11.6 Å². The number of aliphatic hydroxyl groups is 1. The van der Waals surface area contributed by atoms with Gasteiger partial charge in [-0.15, -0.1) is 0 Å². The van der Waals surface area contributed by atoms with Crippen molar-refractivity contribution in [3.63, 3.8) is 0 Å². The average molecular weight is 238 g/mol. The SMILES string of the molecule is OC1CC2(CCOCC2)Oc2c(F)cccc21. The predicted octanol–water partition coefficient (Wildman–Crippen LogP) is 2.19. The number of fused-ring (bicyclic) bond motifs is 1. The van der Waals surface area contributed by atoms with Crippen molar-refractivity contribution in [3.8, 4) is 5.75 Å². The van der Waals surface area contributed by atoms with Crippen LogP contribution in [0.3, 0.4) is 0 Å². The van der Waals surface area contributed by atoms with Crippen molar-refractivity contribution in [1.29, 1.82) is 0 Å². The first-order valence-electron chi connectivity index (χ1n) is 5.93. The number of hydrogen-bond acceptors (Lipinski definition) is 3. The number of halogens is 1. The summed E-state index contributed by atoms with van der Waals surface area (Å²) in [6.07, 6.45) is 1.29. The van der Waals surface area contributed by atoms with E-state index in [1.54, 1.807) is 12.1 Å². The van der Waals surface area contributed by atoms with Crippen LogP contribution in [0, 0.1) is 5.82 Å². The fourth-order valence-electron chi connectivity index (χ4n) is 2.67. The summed E-state index contributed by atoms with van der Waals surface area (Å²) in [4.78, 5) is 0. The third-order valence-corrected chi connectivity index (χ3v) is 3.64. The monoisotopic (exact) mass is 238 g/mol. The van der Waals surface area contributed by atoms with Gasteiger partial charge in [0, 0.05) is 24.8 Å². The van der Waals surface area contributed by atoms with Gasteiger partial charge in [-0.2, -0.15) is 0 Å². The number of benzene rings is 1. The van der Waals surface area contributed by atoms with E-state index >= 15 is 0 Å². The van der Waals surface area contributed by atoms with Gasteiger partial charge in [-0.3, -0.25) is 0 Å². The average Bonchev–Trinajstić information content (AvgIpc) is 2.32. The first-order chi connectivity index (χ1) is 8.20. The molecule has 2 aliphatic heterocycles. The molecule has 4 heteroatoms. The second-order valence-electron chi connectivity index (χ2n) is 4.78. The molecular formula is C13H15FO3. The highest BCUT2D eigenvalue weighted by Gasteiger charge is 2.42. The summed E-state index contributed by atoms with van der Waals surface area (Å²) in [6.45, 7) is 1.22. The maximum absolute atomic E-state index is 13.7. The van der Waals surface area contributed by atoms with E-state index in [-0.39, 0.29) is 5.75 Å². The standard InChI is InChI=1S/C13H15FO3/c14-10-3-1-2-9-11(15)8-13(17-12(9)10)4-6-16-7-5-13/h1-3,11,15H,4-8H2. The van der Waals surface area contributed by atoms with E-state index < -0.39 is 17.5 Å². The van der Waals surface area contributed by atoms with Gasteiger partial charge in [0.2, 0.25) is 0 Å². The lowest BCUT2D eigenvalue weighted by atomic mass is 9.83. The molecule has 0 bridgehead atoms. The molecule has 1 aromatic carbocycles. The van der Waals surface area contributed by atoms with Gasteiger partial charge in [0.1, 0.15) is 5.60 Å². The first kappa shape index (κ1) is 11.0. The summed E-state index contributed by atoms with van der Waals surface area (Å²) in [5.74, 6) is -0.180. The Labute approximate surface area is 99.2 Å². The maximum atomic E-state index is 13.7. The molecule has 17 heavy (non-hydrogen) atoms. The van der Waals surface area contributed by atoms with E-state index in [4.69, 9.17) is 9.47 Å². The van der Waals surface area contributed by atoms with Crippen LogP contribution in [0.1, 0.15) is 30.9 Å². The summed E-state index contributed by atoms with van der Waals surface area (Å²) in [7, 11) is 0. The molecule has 1 saturated heterocycles. The molecule has 1 aromatic rings. The minimum atomic E-state index is -0.646. The van der Waals surface area contributed by atoms with Gasteiger partial charge in [-0.25, -0.2) is 4.39 Å². The third-order valence-electron chi connectivity index (χ3n) is 3.64.